The Morgan fingerprint density at radius 3 is 2.39 bits per heavy atom. The van der Waals surface area contributed by atoms with E-state index in [1.54, 1.807) is 18.5 Å². The van der Waals surface area contributed by atoms with Gasteiger partial charge in [-0.3, -0.25) is 14.5 Å². The lowest BCUT2D eigenvalue weighted by molar-refractivity contribution is 0.0656. The van der Waals surface area contributed by atoms with Gasteiger partial charge in [-0.1, -0.05) is 52.0 Å². The number of anilines is 2. The smallest absolute Gasteiger partial charge is 0.261 e. The van der Waals surface area contributed by atoms with Crippen molar-refractivity contribution < 1.29 is 9.59 Å². The zero-order chi connectivity index (χ0) is 28.5. The van der Waals surface area contributed by atoms with Gasteiger partial charge in [0.2, 0.25) is 0 Å². The van der Waals surface area contributed by atoms with Crippen LogP contribution in [-0.4, -0.2) is 52.4 Å². The van der Waals surface area contributed by atoms with Gasteiger partial charge in [0, 0.05) is 28.9 Å². The van der Waals surface area contributed by atoms with E-state index < -0.39 is 0 Å². The van der Waals surface area contributed by atoms with Crippen molar-refractivity contribution >= 4 is 23.3 Å². The summed E-state index contributed by atoms with van der Waals surface area (Å²) in [5.41, 5.74) is 7.29. The molecule has 3 aromatic rings. The minimum Gasteiger partial charge on any atom is -0.321 e. The molecule has 1 fully saturated rings. The zero-order valence-corrected chi connectivity index (χ0v) is 24.5. The van der Waals surface area contributed by atoms with E-state index >= 15 is 0 Å². The summed E-state index contributed by atoms with van der Waals surface area (Å²) in [7, 11) is 0. The van der Waals surface area contributed by atoms with Crippen LogP contribution in [0, 0.1) is 5.41 Å². The fraction of sp³-hybridized carbons (Fsp3) is 0.471. The van der Waals surface area contributed by atoms with E-state index in [9.17, 15) is 9.59 Å². The molecule has 4 heterocycles. The van der Waals surface area contributed by atoms with Gasteiger partial charge >= 0.3 is 0 Å². The molecular formula is C34H39N5O2. The Morgan fingerprint density at radius 2 is 1.71 bits per heavy atom. The first-order valence-electron chi connectivity index (χ1n) is 15.1. The van der Waals surface area contributed by atoms with Crippen LogP contribution < -0.4 is 10.2 Å². The second-order valence-corrected chi connectivity index (χ2v) is 13.5. The summed E-state index contributed by atoms with van der Waals surface area (Å²) in [5, 5.41) is 3.61. The number of hydrogen-bond acceptors (Lipinski definition) is 6. The Morgan fingerprint density at radius 1 is 1.00 bits per heavy atom. The van der Waals surface area contributed by atoms with Crippen molar-refractivity contribution in [1.82, 2.24) is 20.2 Å². The summed E-state index contributed by atoms with van der Waals surface area (Å²) >= 11 is 0. The van der Waals surface area contributed by atoms with Gasteiger partial charge in [-0.2, -0.15) is 0 Å². The van der Waals surface area contributed by atoms with Gasteiger partial charge in [0.25, 0.3) is 11.8 Å². The number of carbonyl (C=O) groups is 2. The van der Waals surface area contributed by atoms with E-state index in [0.29, 0.717) is 30.0 Å². The van der Waals surface area contributed by atoms with Crippen molar-refractivity contribution in [2.75, 3.05) is 24.5 Å². The van der Waals surface area contributed by atoms with Gasteiger partial charge < -0.3 is 10.2 Å². The summed E-state index contributed by atoms with van der Waals surface area (Å²) in [5.74, 6) is 1.14. The third kappa shape index (κ3) is 3.96. The van der Waals surface area contributed by atoms with E-state index in [-0.39, 0.29) is 28.7 Å². The zero-order valence-electron chi connectivity index (χ0n) is 24.5. The van der Waals surface area contributed by atoms with Crippen LogP contribution in [0.5, 0.6) is 0 Å². The Balaban J connectivity index is 1.30. The maximum Gasteiger partial charge on any atom is 0.261 e. The average molecular weight is 550 g/mol. The summed E-state index contributed by atoms with van der Waals surface area (Å²) in [6, 6.07) is 14.2. The van der Waals surface area contributed by atoms with Crippen LogP contribution in [0.25, 0.3) is 0 Å². The lowest BCUT2D eigenvalue weighted by atomic mass is 9.62. The van der Waals surface area contributed by atoms with E-state index in [1.807, 2.05) is 12.1 Å². The number of amides is 2. The first kappa shape index (κ1) is 26.3. The molecule has 2 aromatic carbocycles. The number of aromatic nitrogens is 2. The monoisotopic (exact) mass is 549 g/mol. The molecule has 0 bridgehead atoms. The molecule has 41 heavy (non-hydrogen) atoms. The Bertz CT molecular complexity index is 1520. The minimum atomic E-state index is -0.188. The van der Waals surface area contributed by atoms with Gasteiger partial charge in [0.1, 0.15) is 12.1 Å². The van der Waals surface area contributed by atoms with Gasteiger partial charge in [0.15, 0.2) is 0 Å². The second kappa shape index (κ2) is 9.48. The van der Waals surface area contributed by atoms with Gasteiger partial charge in [-0.15, -0.1) is 0 Å². The molecule has 7 rings (SSSR count). The third-order valence-electron chi connectivity index (χ3n) is 9.94. The van der Waals surface area contributed by atoms with Crippen LogP contribution in [0.2, 0.25) is 0 Å². The average Bonchev–Trinajstić information content (AvgIpc) is 3.56. The molecule has 3 aliphatic heterocycles. The van der Waals surface area contributed by atoms with E-state index in [1.165, 1.54) is 27.4 Å². The number of aryl methyl sites for hydroxylation is 1. The molecule has 7 heteroatoms. The predicted octanol–water partition coefficient (Wildman–Crippen LogP) is 5.55. The van der Waals surface area contributed by atoms with Gasteiger partial charge in [-0.05, 0) is 85.9 Å². The highest BCUT2D eigenvalue weighted by atomic mass is 16.2. The molecule has 1 saturated heterocycles. The van der Waals surface area contributed by atoms with Crippen molar-refractivity contribution in [1.29, 1.82) is 0 Å². The molecule has 1 unspecified atom stereocenters. The van der Waals surface area contributed by atoms with Crippen LogP contribution in [0.1, 0.15) is 96.0 Å². The largest absolute Gasteiger partial charge is 0.321 e. The summed E-state index contributed by atoms with van der Waals surface area (Å²) in [6.07, 6.45) is 6.64. The SMILES string of the molecule is CC1CCc2ncnc(N3c4ccc(CCN5C(=O)c6ccccc6C5=O)cc4C4(CCNCC4)[C@H]3C(C)(C)C)c21. The molecule has 1 N–H and O–H groups in total. The molecular weight excluding hydrogens is 510 g/mol. The predicted molar refractivity (Wildman–Crippen MR) is 160 cm³/mol. The van der Waals surface area contributed by atoms with Crippen molar-refractivity contribution in [2.24, 2.45) is 5.41 Å². The maximum atomic E-state index is 13.0. The second-order valence-electron chi connectivity index (χ2n) is 13.5. The molecule has 2 atom stereocenters. The number of carbonyl (C=O) groups excluding carboxylic acids is 2. The molecule has 4 aliphatic rings. The number of nitrogens with one attached hydrogen (secondary N) is 1. The lowest BCUT2D eigenvalue weighted by Crippen LogP contribution is -2.55. The van der Waals surface area contributed by atoms with Gasteiger partial charge in [-0.25, -0.2) is 9.97 Å². The van der Waals surface area contributed by atoms with Crippen molar-refractivity contribution in [3.8, 4) is 0 Å². The maximum absolute atomic E-state index is 13.0. The standard InChI is InChI=1S/C34H39N5O2/c1-21-9-11-26-28(21)29(37-20-36-26)39-27-12-10-22(13-18-38-30(40)23-7-5-6-8-24(23)31(38)41)19-25(27)34(14-16-35-17-15-34)32(39)33(2,3)4/h5-8,10,12,19-21,32,35H,9,11,13-18H2,1-4H3/t21?,32-/m1/s1. The van der Waals surface area contributed by atoms with E-state index in [2.05, 4.69) is 61.1 Å². The van der Waals surface area contributed by atoms with E-state index in [4.69, 9.17) is 4.98 Å². The number of benzene rings is 2. The number of piperidine rings is 1. The number of fused-ring (bicyclic) bond motifs is 4. The molecule has 7 nitrogen and oxygen atoms in total. The van der Waals surface area contributed by atoms with Crippen LogP contribution in [0.3, 0.4) is 0 Å². The van der Waals surface area contributed by atoms with Crippen molar-refractivity contribution in [3.05, 3.63) is 82.3 Å². The Hall–Kier alpha value is -3.58. The van der Waals surface area contributed by atoms with Crippen LogP contribution in [0.15, 0.2) is 48.8 Å². The number of imide groups is 1. The highest BCUT2D eigenvalue weighted by Crippen LogP contribution is 2.58. The normalized spacial score (nSPS) is 22.8. The molecule has 2 amide bonds. The highest BCUT2D eigenvalue weighted by Gasteiger charge is 2.56. The fourth-order valence-electron chi connectivity index (χ4n) is 8.25. The summed E-state index contributed by atoms with van der Waals surface area (Å²) < 4.78 is 0. The fourth-order valence-corrected chi connectivity index (χ4v) is 8.25. The lowest BCUT2D eigenvalue weighted by Gasteiger charge is -2.48. The third-order valence-corrected chi connectivity index (χ3v) is 9.94. The van der Waals surface area contributed by atoms with Crippen LogP contribution in [-0.2, 0) is 18.3 Å². The molecule has 1 aromatic heterocycles. The first-order valence-corrected chi connectivity index (χ1v) is 15.1. The first-order chi connectivity index (χ1) is 19.7. The number of rotatable bonds is 4. The minimum absolute atomic E-state index is 0.00361. The summed E-state index contributed by atoms with van der Waals surface area (Å²) in [6.45, 7) is 11.8. The molecule has 0 radical (unpaired) electrons. The molecule has 0 saturated carbocycles. The van der Waals surface area contributed by atoms with Crippen LogP contribution in [0.4, 0.5) is 11.5 Å². The number of hydrogen-bond donors (Lipinski definition) is 1. The Kier molecular flexibility index (Phi) is 6.09. The van der Waals surface area contributed by atoms with Crippen molar-refractivity contribution in [3.63, 3.8) is 0 Å². The number of nitrogens with zero attached hydrogens (tertiary/aromatic N) is 4. The van der Waals surface area contributed by atoms with E-state index in [0.717, 1.165) is 50.2 Å². The quantitative estimate of drug-likeness (QED) is 0.430. The Labute approximate surface area is 242 Å². The molecule has 1 aliphatic carbocycles. The van der Waals surface area contributed by atoms with Gasteiger partial charge in [0.05, 0.1) is 17.2 Å². The molecule has 1 spiro atoms. The van der Waals surface area contributed by atoms with Crippen LogP contribution >= 0.6 is 0 Å². The highest BCUT2D eigenvalue weighted by molar-refractivity contribution is 6.21. The summed E-state index contributed by atoms with van der Waals surface area (Å²) in [4.78, 5) is 39.7. The molecule has 212 valence electrons. The van der Waals surface area contributed by atoms with Crippen molar-refractivity contribution in [2.45, 2.75) is 77.2 Å². The topological polar surface area (TPSA) is 78.4 Å².